The van der Waals surface area contributed by atoms with E-state index in [1.54, 1.807) is 0 Å². The molecule has 0 bridgehead atoms. The van der Waals surface area contributed by atoms with E-state index in [9.17, 15) is 0 Å². The quantitative estimate of drug-likeness (QED) is 0.696. The van der Waals surface area contributed by atoms with Gasteiger partial charge in [0.2, 0.25) is 0 Å². The third kappa shape index (κ3) is 14.4. The van der Waals surface area contributed by atoms with Crippen molar-refractivity contribution in [3.8, 4) is 0 Å². The first-order valence-electron chi connectivity index (χ1n) is 5.30. The molecule has 1 rings (SSSR count). The summed E-state index contributed by atoms with van der Waals surface area (Å²) in [5, 5.41) is 3.31. The SMILES string of the molecule is CC(C)NC(C)C.[LiH].[Li][c]1ccccc1. The van der Waals surface area contributed by atoms with E-state index in [0.717, 1.165) is 0 Å². The van der Waals surface area contributed by atoms with Gasteiger partial charge >= 0.3 is 71.1 Å². The van der Waals surface area contributed by atoms with Crippen LogP contribution in [0, 0.1) is 0 Å². The minimum atomic E-state index is 0. The fourth-order valence-electron chi connectivity index (χ4n) is 1.20. The maximum atomic E-state index is 3.31. The van der Waals surface area contributed by atoms with Gasteiger partial charge in [0.15, 0.2) is 0 Å². The molecule has 0 aliphatic heterocycles. The molecule has 3 heteroatoms. The topological polar surface area (TPSA) is 12.0 Å². The van der Waals surface area contributed by atoms with Crippen LogP contribution in [0.1, 0.15) is 27.7 Å². The van der Waals surface area contributed by atoms with Crippen molar-refractivity contribution >= 4 is 40.8 Å². The van der Waals surface area contributed by atoms with Crippen molar-refractivity contribution in [2.45, 2.75) is 39.8 Å². The van der Waals surface area contributed by atoms with Gasteiger partial charge in [-0.25, -0.2) is 0 Å². The first kappa shape index (κ1) is 17.8. The summed E-state index contributed by atoms with van der Waals surface area (Å²) >= 11 is 2.08. The molecular formula is C12H21Li2N. The van der Waals surface area contributed by atoms with Crippen LogP contribution in [0.4, 0.5) is 0 Å². The second-order valence-electron chi connectivity index (χ2n) is 4.13. The van der Waals surface area contributed by atoms with E-state index < -0.39 is 0 Å². The Bertz CT molecular complexity index is 216. The average molecular weight is 193 g/mol. The van der Waals surface area contributed by atoms with Gasteiger partial charge in [0, 0.05) is 12.1 Å². The fraction of sp³-hybridized carbons (Fsp3) is 0.500. The zero-order chi connectivity index (χ0) is 11.0. The zero-order valence-corrected chi connectivity index (χ0v) is 10.0. The van der Waals surface area contributed by atoms with Crippen molar-refractivity contribution in [3.63, 3.8) is 0 Å². The molecule has 0 fully saturated rings. The molecular weight excluding hydrogens is 172 g/mol. The number of hydrogen-bond acceptors (Lipinski definition) is 1. The molecule has 0 aromatic heterocycles. The number of rotatable bonds is 2. The average Bonchev–Trinajstić information content (AvgIpc) is 2.03. The molecule has 0 aliphatic rings. The Morgan fingerprint density at radius 3 is 1.47 bits per heavy atom. The van der Waals surface area contributed by atoms with Crippen LogP contribution in [0.3, 0.4) is 0 Å². The zero-order valence-electron chi connectivity index (χ0n) is 10.0. The molecule has 0 saturated carbocycles. The standard InChI is InChI=1S/C6H15N.C6H5.2Li.H/c1-5(2)7-6(3)4;1-2-4-6-5-3-1;;;/h5-7H,1-4H3;1-5H;;;. The van der Waals surface area contributed by atoms with Gasteiger partial charge in [-0.2, -0.15) is 0 Å². The van der Waals surface area contributed by atoms with Crippen LogP contribution in [0.15, 0.2) is 30.3 Å². The summed E-state index contributed by atoms with van der Waals surface area (Å²) in [6.45, 7) is 8.61. The Kier molecular flexibility index (Phi) is 12.9. The van der Waals surface area contributed by atoms with Crippen LogP contribution < -0.4 is 9.55 Å². The van der Waals surface area contributed by atoms with E-state index in [1.165, 1.54) is 4.24 Å². The Morgan fingerprint density at radius 2 is 1.33 bits per heavy atom. The van der Waals surface area contributed by atoms with Gasteiger partial charge in [-0.15, -0.1) is 0 Å². The molecule has 1 N–H and O–H groups in total. The molecule has 0 spiro atoms. The first-order chi connectivity index (χ1) is 6.52. The fourth-order valence-corrected chi connectivity index (χ4v) is 1.20. The van der Waals surface area contributed by atoms with Gasteiger partial charge < -0.3 is 5.32 Å². The molecule has 1 aromatic carbocycles. The van der Waals surface area contributed by atoms with Crippen molar-refractivity contribution in [1.82, 2.24) is 5.32 Å². The number of hydrogen-bond donors (Lipinski definition) is 1. The van der Waals surface area contributed by atoms with Crippen molar-refractivity contribution in [2.75, 3.05) is 0 Å². The number of nitrogens with one attached hydrogen (secondary N) is 1. The number of benzene rings is 1. The maximum absolute atomic E-state index is 3.31. The van der Waals surface area contributed by atoms with Gasteiger partial charge in [0.05, 0.1) is 0 Å². The van der Waals surface area contributed by atoms with Crippen molar-refractivity contribution in [1.29, 1.82) is 0 Å². The molecule has 15 heavy (non-hydrogen) atoms. The van der Waals surface area contributed by atoms with Crippen molar-refractivity contribution < 1.29 is 0 Å². The Labute approximate surface area is 116 Å². The van der Waals surface area contributed by atoms with Crippen LogP contribution in [-0.4, -0.2) is 48.7 Å². The third-order valence-corrected chi connectivity index (χ3v) is 1.61. The molecule has 1 aromatic rings. The molecule has 0 aliphatic carbocycles. The second-order valence-corrected chi connectivity index (χ2v) is 4.13. The molecule has 0 radical (unpaired) electrons. The van der Waals surface area contributed by atoms with E-state index in [0.29, 0.717) is 12.1 Å². The van der Waals surface area contributed by atoms with Gasteiger partial charge in [-0.05, 0) is 0 Å². The summed E-state index contributed by atoms with van der Waals surface area (Å²) in [5.74, 6) is 0. The summed E-state index contributed by atoms with van der Waals surface area (Å²) in [4.78, 5) is 0. The summed E-state index contributed by atoms with van der Waals surface area (Å²) in [6, 6.07) is 11.5. The molecule has 0 heterocycles. The third-order valence-electron chi connectivity index (χ3n) is 1.61. The molecule has 0 atom stereocenters. The molecule has 0 saturated heterocycles. The Balaban J connectivity index is 0. The first-order valence-corrected chi connectivity index (χ1v) is 5.30. The summed E-state index contributed by atoms with van der Waals surface area (Å²) < 4.78 is 1.32. The second kappa shape index (κ2) is 10.9. The van der Waals surface area contributed by atoms with Crippen LogP contribution in [0.25, 0.3) is 0 Å². The van der Waals surface area contributed by atoms with Crippen LogP contribution in [0.5, 0.6) is 0 Å². The van der Waals surface area contributed by atoms with Gasteiger partial charge in [0.1, 0.15) is 0 Å². The van der Waals surface area contributed by atoms with Gasteiger partial charge in [-0.3, -0.25) is 0 Å². The van der Waals surface area contributed by atoms with Crippen molar-refractivity contribution in [2.24, 2.45) is 0 Å². The molecule has 0 unspecified atom stereocenters. The van der Waals surface area contributed by atoms with E-state index in [-0.39, 0.29) is 18.9 Å². The summed E-state index contributed by atoms with van der Waals surface area (Å²) in [5.41, 5.74) is 0. The van der Waals surface area contributed by atoms with Crippen molar-refractivity contribution in [3.05, 3.63) is 30.3 Å². The Hall–Kier alpha value is 0.375. The Morgan fingerprint density at radius 1 is 0.933 bits per heavy atom. The monoisotopic (exact) mass is 193 g/mol. The molecule has 76 valence electrons. The molecule has 0 amide bonds. The normalized spacial score (nSPS) is 9.33. The minimum absolute atomic E-state index is 0. The molecule has 1 nitrogen and oxygen atoms in total. The van der Waals surface area contributed by atoms with Crippen LogP contribution >= 0.6 is 0 Å². The summed E-state index contributed by atoms with van der Waals surface area (Å²) in [7, 11) is 0. The van der Waals surface area contributed by atoms with E-state index in [2.05, 4.69) is 62.9 Å². The predicted octanol–water partition coefficient (Wildman–Crippen LogP) is 1.22. The predicted molar refractivity (Wildman–Crippen MR) is 72.4 cm³/mol. The van der Waals surface area contributed by atoms with E-state index >= 15 is 0 Å². The van der Waals surface area contributed by atoms with Crippen LogP contribution in [-0.2, 0) is 0 Å². The van der Waals surface area contributed by atoms with Gasteiger partial charge in [-0.1, -0.05) is 27.7 Å². The van der Waals surface area contributed by atoms with Gasteiger partial charge in [0.25, 0.3) is 0 Å². The van der Waals surface area contributed by atoms with E-state index in [1.807, 2.05) is 18.2 Å². The summed E-state index contributed by atoms with van der Waals surface area (Å²) in [6.07, 6.45) is 0. The van der Waals surface area contributed by atoms with Crippen LogP contribution in [0.2, 0.25) is 0 Å². The van der Waals surface area contributed by atoms with E-state index in [4.69, 9.17) is 0 Å².